The number of halogens is 1. The highest BCUT2D eigenvalue weighted by molar-refractivity contribution is 7.07. The third-order valence-corrected chi connectivity index (χ3v) is 6.50. The fraction of sp³-hybridized carbons (Fsp3) is 0.0357. The third-order valence-electron chi connectivity index (χ3n) is 5.63. The van der Waals surface area contributed by atoms with E-state index >= 15 is 0 Å². The van der Waals surface area contributed by atoms with E-state index in [1.165, 1.54) is 29.5 Å². The maximum Gasteiger partial charge on any atom is 0.294 e. The number of aromatic nitrogens is 1. The first-order valence-electron chi connectivity index (χ1n) is 11.0. The monoisotopic (exact) mass is 481 g/mol. The molecule has 0 atom stereocenters. The van der Waals surface area contributed by atoms with Crippen molar-refractivity contribution in [3.05, 3.63) is 135 Å². The van der Waals surface area contributed by atoms with E-state index < -0.39 is 4.92 Å². The number of hydrogen-bond acceptors (Lipinski definition) is 4. The van der Waals surface area contributed by atoms with Crippen LogP contribution < -0.4 is 4.80 Å². The van der Waals surface area contributed by atoms with Crippen molar-refractivity contribution in [1.29, 1.82) is 0 Å². The Morgan fingerprint density at radius 1 is 0.800 bits per heavy atom. The Balaban J connectivity index is 1.61. The molecule has 1 heterocycles. The van der Waals surface area contributed by atoms with Crippen LogP contribution in [0.4, 0.5) is 15.8 Å². The average Bonchev–Trinajstić information content (AvgIpc) is 3.28. The maximum atomic E-state index is 13.5. The highest BCUT2D eigenvalue weighted by Gasteiger charge is 2.14. The smallest absolute Gasteiger partial charge is 0.294 e. The van der Waals surface area contributed by atoms with Gasteiger partial charge in [-0.2, -0.15) is 0 Å². The van der Waals surface area contributed by atoms with Gasteiger partial charge in [0.15, 0.2) is 4.80 Å². The predicted octanol–water partition coefficient (Wildman–Crippen LogP) is 7.21. The topological polar surface area (TPSA) is 60.4 Å². The first-order valence-corrected chi connectivity index (χ1v) is 11.8. The van der Waals surface area contributed by atoms with Crippen molar-refractivity contribution < 1.29 is 9.31 Å². The number of nitro benzene ring substituents is 1. The molecule has 0 fully saturated rings. The number of nitro groups is 1. The van der Waals surface area contributed by atoms with Crippen molar-refractivity contribution in [3.8, 4) is 22.4 Å². The second kappa shape index (κ2) is 9.87. The molecule has 0 bridgehead atoms. The second-order valence-electron chi connectivity index (χ2n) is 7.92. The minimum atomic E-state index is -0.431. The minimum absolute atomic E-state index is 0.0528. The van der Waals surface area contributed by atoms with E-state index in [9.17, 15) is 14.5 Å². The minimum Gasteiger partial charge on any atom is -0.312 e. The fourth-order valence-electron chi connectivity index (χ4n) is 3.85. The van der Waals surface area contributed by atoms with Crippen LogP contribution in [0.2, 0.25) is 0 Å². The van der Waals surface area contributed by atoms with Crippen LogP contribution in [0.25, 0.3) is 22.4 Å². The Morgan fingerprint density at radius 2 is 1.43 bits per heavy atom. The zero-order valence-corrected chi connectivity index (χ0v) is 19.4. The summed E-state index contributed by atoms with van der Waals surface area (Å²) in [5, 5.41) is 13.5. The van der Waals surface area contributed by atoms with Gasteiger partial charge in [0.1, 0.15) is 11.5 Å². The Bertz CT molecular complexity index is 1540. The SMILES string of the molecule is O=[N+]([O-])c1ccccc1N=c1scc(-c2ccc(-c3ccccc3)cc2)n1Cc1ccc(F)cc1. The summed E-state index contributed by atoms with van der Waals surface area (Å²) in [7, 11) is 0. The highest BCUT2D eigenvalue weighted by atomic mass is 32.1. The van der Waals surface area contributed by atoms with Crippen molar-refractivity contribution in [1.82, 2.24) is 4.57 Å². The van der Waals surface area contributed by atoms with E-state index in [0.717, 1.165) is 27.9 Å². The molecule has 0 unspecified atom stereocenters. The van der Waals surface area contributed by atoms with Crippen molar-refractivity contribution in [2.45, 2.75) is 6.54 Å². The first-order chi connectivity index (χ1) is 17.1. The molecule has 0 spiro atoms. The van der Waals surface area contributed by atoms with E-state index in [2.05, 4.69) is 41.4 Å². The van der Waals surface area contributed by atoms with Crippen molar-refractivity contribution in [2.75, 3.05) is 0 Å². The Kier molecular flexibility index (Phi) is 6.32. The Morgan fingerprint density at radius 3 is 2.14 bits per heavy atom. The summed E-state index contributed by atoms with van der Waals surface area (Å²) in [6.07, 6.45) is 0. The number of para-hydroxylation sites is 2. The van der Waals surface area contributed by atoms with Gasteiger partial charge in [0.2, 0.25) is 0 Å². The molecule has 0 N–H and O–H groups in total. The van der Waals surface area contributed by atoms with Crippen molar-refractivity contribution in [2.24, 2.45) is 4.99 Å². The molecular weight excluding hydrogens is 461 g/mol. The molecule has 0 amide bonds. The summed E-state index contributed by atoms with van der Waals surface area (Å²) in [4.78, 5) is 16.3. The summed E-state index contributed by atoms with van der Waals surface area (Å²) in [5.74, 6) is -0.300. The number of hydrogen-bond donors (Lipinski definition) is 0. The molecule has 172 valence electrons. The summed E-state index contributed by atoms with van der Waals surface area (Å²) in [6, 6.07) is 31.1. The molecule has 0 aliphatic heterocycles. The van der Waals surface area contributed by atoms with Gasteiger partial charge in [-0.25, -0.2) is 9.38 Å². The molecule has 0 saturated carbocycles. The normalized spacial score (nSPS) is 11.5. The number of nitrogens with zero attached hydrogens (tertiary/aromatic N) is 3. The summed E-state index contributed by atoms with van der Waals surface area (Å²) >= 11 is 1.41. The van der Waals surface area contributed by atoms with E-state index in [-0.39, 0.29) is 17.2 Å². The van der Waals surface area contributed by atoms with Gasteiger partial charge in [0.25, 0.3) is 5.69 Å². The summed E-state index contributed by atoms with van der Waals surface area (Å²) in [5.41, 5.74) is 5.30. The van der Waals surface area contributed by atoms with Crippen LogP contribution in [0, 0.1) is 15.9 Å². The largest absolute Gasteiger partial charge is 0.312 e. The molecular formula is C28H20FN3O2S. The van der Waals surface area contributed by atoms with Crippen molar-refractivity contribution >= 4 is 22.7 Å². The third kappa shape index (κ3) is 4.95. The lowest BCUT2D eigenvalue weighted by Crippen LogP contribution is -2.16. The van der Waals surface area contributed by atoms with Gasteiger partial charge in [0, 0.05) is 11.4 Å². The molecule has 4 aromatic carbocycles. The van der Waals surface area contributed by atoms with Gasteiger partial charge in [-0.1, -0.05) is 78.9 Å². The standard InChI is InChI=1S/C28H20FN3O2S/c29-24-16-10-20(11-17-24)18-31-27(23-14-12-22(13-15-23)21-6-2-1-3-7-21)19-35-28(31)30-25-8-4-5-9-26(25)32(33)34/h1-17,19H,18H2. The van der Waals surface area contributed by atoms with E-state index in [1.807, 2.05) is 28.1 Å². The molecule has 5 nitrogen and oxygen atoms in total. The van der Waals surface area contributed by atoms with Gasteiger partial charge in [-0.15, -0.1) is 11.3 Å². The Hall–Kier alpha value is -4.36. The molecule has 0 radical (unpaired) electrons. The van der Waals surface area contributed by atoms with Crippen LogP contribution in [0.1, 0.15) is 5.56 Å². The fourth-order valence-corrected chi connectivity index (χ4v) is 4.78. The number of thiazole rings is 1. The van der Waals surface area contributed by atoms with Crippen molar-refractivity contribution in [3.63, 3.8) is 0 Å². The van der Waals surface area contributed by atoms with Crippen LogP contribution in [-0.2, 0) is 6.54 Å². The van der Waals surface area contributed by atoms with Crippen LogP contribution in [-0.4, -0.2) is 9.49 Å². The number of benzene rings is 4. The van der Waals surface area contributed by atoms with Crippen LogP contribution in [0.15, 0.2) is 114 Å². The van der Waals surface area contributed by atoms with Gasteiger partial charge in [0.05, 0.1) is 17.2 Å². The van der Waals surface area contributed by atoms with Crippen LogP contribution >= 0.6 is 11.3 Å². The van der Waals surface area contributed by atoms with Gasteiger partial charge >= 0.3 is 0 Å². The quantitative estimate of drug-likeness (QED) is 0.190. The molecule has 7 heteroatoms. The predicted molar refractivity (Wildman–Crippen MR) is 137 cm³/mol. The molecule has 35 heavy (non-hydrogen) atoms. The lowest BCUT2D eigenvalue weighted by atomic mass is 10.0. The second-order valence-corrected chi connectivity index (χ2v) is 8.75. The molecule has 0 aliphatic carbocycles. The van der Waals surface area contributed by atoms with Crippen LogP contribution in [0.5, 0.6) is 0 Å². The molecule has 1 aromatic heterocycles. The lowest BCUT2D eigenvalue weighted by Gasteiger charge is -2.11. The molecule has 5 aromatic rings. The van der Waals surface area contributed by atoms with Crippen LogP contribution in [0.3, 0.4) is 0 Å². The van der Waals surface area contributed by atoms with E-state index in [1.54, 1.807) is 30.3 Å². The zero-order valence-electron chi connectivity index (χ0n) is 18.5. The molecule has 5 rings (SSSR count). The lowest BCUT2D eigenvalue weighted by molar-refractivity contribution is -0.384. The summed E-state index contributed by atoms with van der Waals surface area (Å²) in [6.45, 7) is 0.443. The van der Waals surface area contributed by atoms with Gasteiger partial charge < -0.3 is 4.57 Å². The summed E-state index contributed by atoms with van der Waals surface area (Å²) < 4.78 is 15.5. The highest BCUT2D eigenvalue weighted by Crippen LogP contribution is 2.28. The Labute approximate surface area is 205 Å². The van der Waals surface area contributed by atoms with E-state index in [4.69, 9.17) is 0 Å². The molecule has 0 saturated heterocycles. The average molecular weight is 482 g/mol. The maximum absolute atomic E-state index is 13.5. The number of rotatable bonds is 6. The van der Waals surface area contributed by atoms with Gasteiger partial charge in [-0.05, 0) is 40.5 Å². The zero-order chi connectivity index (χ0) is 24.2. The van der Waals surface area contributed by atoms with E-state index in [0.29, 0.717) is 11.3 Å². The first kappa shape index (κ1) is 22.4. The molecule has 0 aliphatic rings. The van der Waals surface area contributed by atoms with Gasteiger partial charge in [-0.3, -0.25) is 10.1 Å².